The lowest BCUT2D eigenvalue weighted by Gasteiger charge is -2.45. The number of anilines is 1. The molecule has 1 aromatic carbocycles. The van der Waals surface area contributed by atoms with Gasteiger partial charge in [-0.15, -0.1) is 0 Å². The van der Waals surface area contributed by atoms with Crippen LogP contribution in [-0.4, -0.2) is 42.1 Å². The zero-order chi connectivity index (χ0) is 14.5. The summed E-state index contributed by atoms with van der Waals surface area (Å²) in [5, 5.41) is 1.23. The minimum absolute atomic E-state index is 0.763. The third kappa shape index (κ3) is 2.03. The van der Waals surface area contributed by atoms with Crippen LogP contribution in [0.4, 0.5) is 5.82 Å². The quantitative estimate of drug-likeness (QED) is 0.848. The first-order chi connectivity index (χ1) is 10.9. The van der Waals surface area contributed by atoms with Crippen molar-refractivity contribution in [3.63, 3.8) is 0 Å². The molecule has 1 aromatic heterocycles. The molecule has 2 atom stereocenters. The highest BCUT2D eigenvalue weighted by atomic mass is 15.3. The molecule has 2 aromatic rings. The first-order valence-electron chi connectivity index (χ1n) is 8.71. The van der Waals surface area contributed by atoms with E-state index in [0.29, 0.717) is 0 Å². The molecule has 3 aliphatic rings. The zero-order valence-electron chi connectivity index (χ0n) is 13.0. The molecule has 0 radical (unpaired) electrons. The van der Waals surface area contributed by atoms with E-state index in [-0.39, 0.29) is 0 Å². The summed E-state index contributed by atoms with van der Waals surface area (Å²) in [5.41, 5.74) is 1.11. The summed E-state index contributed by atoms with van der Waals surface area (Å²) in [5.74, 6) is 3.16. The van der Waals surface area contributed by atoms with Crippen LogP contribution in [0.1, 0.15) is 19.3 Å². The minimum Gasteiger partial charge on any atom is -0.353 e. The fourth-order valence-corrected chi connectivity index (χ4v) is 4.67. The van der Waals surface area contributed by atoms with Crippen molar-refractivity contribution >= 4 is 16.7 Å². The predicted molar refractivity (Wildman–Crippen MR) is 90.1 cm³/mol. The van der Waals surface area contributed by atoms with Crippen LogP contribution in [0, 0.1) is 11.8 Å². The highest BCUT2D eigenvalue weighted by Crippen LogP contribution is 2.39. The number of hydrogen-bond donors (Lipinski definition) is 0. The number of pyridine rings is 1. The number of nitrogens with zero attached hydrogens (tertiary/aromatic N) is 3. The van der Waals surface area contributed by atoms with Gasteiger partial charge in [-0.05, 0) is 42.9 Å². The topological polar surface area (TPSA) is 19.4 Å². The molecule has 0 spiro atoms. The van der Waals surface area contributed by atoms with Gasteiger partial charge in [-0.25, -0.2) is 4.98 Å². The van der Waals surface area contributed by atoms with Crippen LogP contribution in [0.15, 0.2) is 36.4 Å². The molecule has 0 amide bonds. The third-order valence-electron chi connectivity index (χ3n) is 6.04. The first kappa shape index (κ1) is 12.9. The van der Waals surface area contributed by atoms with E-state index < -0.39 is 0 Å². The fourth-order valence-electron chi connectivity index (χ4n) is 4.67. The Morgan fingerprint density at radius 1 is 0.864 bits per heavy atom. The van der Waals surface area contributed by atoms with E-state index in [4.69, 9.17) is 4.98 Å². The van der Waals surface area contributed by atoms with E-state index in [1.54, 1.807) is 0 Å². The highest BCUT2D eigenvalue weighted by Gasteiger charge is 2.42. The molecule has 3 heteroatoms. The Morgan fingerprint density at radius 2 is 1.64 bits per heavy atom. The number of hydrogen-bond acceptors (Lipinski definition) is 3. The maximum Gasteiger partial charge on any atom is 0.129 e. The molecule has 1 saturated carbocycles. The van der Waals surface area contributed by atoms with E-state index in [1.807, 2.05) is 0 Å². The van der Waals surface area contributed by atoms with Crippen LogP contribution in [-0.2, 0) is 0 Å². The summed E-state index contributed by atoms with van der Waals surface area (Å²) in [7, 11) is 0. The number of rotatable bonds is 2. The average Bonchev–Trinajstić information content (AvgIpc) is 3.07. The molecule has 0 N–H and O–H groups in total. The number of benzene rings is 1. The molecule has 3 fully saturated rings. The van der Waals surface area contributed by atoms with E-state index >= 15 is 0 Å². The van der Waals surface area contributed by atoms with E-state index in [2.05, 4.69) is 46.2 Å². The van der Waals surface area contributed by atoms with Gasteiger partial charge in [0.05, 0.1) is 5.52 Å². The smallest absolute Gasteiger partial charge is 0.129 e. The molecular formula is C19H23N3. The minimum atomic E-state index is 0.763. The second-order valence-corrected chi connectivity index (χ2v) is 7.33. The molecule has 5 rings (SSSR count). The van der Waals surface area contributed by atoms with Gasteiger partial charge in [0.15, 0.2) is 0 Å². The number of aromatic nitrogens is 1. The monoisotopic (exact) mass is 293 g/mol. The summed E-state index contributed by atoms with van der Waals surface area (Å²) in [6.45, 7) is 5.03. The SMILES string of the molecule is c1ccc2nc(N3CC(N4CC5CCCC5C4)C3)ccc2c1. The van der Waals surface area contributed by atoms with Gasteiger partial charge in [0.1, 0.15) is 5.82 Å². The van der Waals surface area contributed by atoms with Gasteiger partial charge >= 0.3 is 0 Å². The summed E-state index contributed by atoms with van der Waals surface area (Å²) < 4.78 is 0. The lowest BCUT2D eigenvalue weighted by molar-refractivity contribution is 0.190. The molecule has 2 unspecified atom stereocenters. The van der Waals surface area contributed by atoms with Gasteiger partial charge in [-0.1, -0.05) is 24.6 Å². The molecule has 22 heavy (non-hydrogen) atoms. The van der Waals surface area contributed by atoms with E-state index in [0.717, 1.165) is 42.3 Å². The normalized spacial score (nSPS) is 29.0. The maximum absolute atomic E-state index is 4.82. The maximum atomic E-state index is 4.82. The molecule has 114 valence electrons. The summed E-state index contributed by atoms with van der Waals surface area (Å²) in [6, 6.07) is 13.5. The molecule has 0 bridgehead atoms. The van der Waals surface area contributed by atoms with Crippen LogP contribution in [0.2, 0.25) is 0 Å². The Kier molecular flexibility index (Phi) is 2.90. The average molecular weight is 293 g/mol. The van der Waals surface area contributed by atoms with Crippen LogP contribution in [0.3, 0.4) is 0 Å². The van der Waals surface area contributed by atoms with Gasteiger partial charge in [0, 0.05) is 37.6 Å². The number of para-hydroxylation sites is 1. The van der Waals surface area contributed by atoms with Crippen molar-refractivity contribution in [2.24, 2.45) is 11.8 Å². The summed E-state index contributed by atoms with van der Waals surface area (Å²) >= 11 is 0. The van der Waals surface area contributed by atoms with Gasteiger partial charge in [0.25, 0.3) is 0 Å². The van der Waals surface area contributed by atoms with Crippen LogP contribution in [0.25, 0.3) is 10.9 Å². The molecular weight excluding hydrogens is 270 g/mol. The zero-order valence-corrected chi connectivity index (χ0v) is 13.0. The lowest BCUT2D eigenvalue weighted by Crippen LogP contribution is -2.59. The second-order valence-electron chi connectivity index (χ2n) is 7.33. The molecule has 2 saturated heterocycles. The van der Waals surface area contributed by atoms with Crippen molar-refractivity contribution in [1.29, 1.82) is 0 Å². The summed E-state index contributed by atoms with van der Waals surface area (Å²) in [4.78, 5) is 10.0. The van der Waals surface area contributed by atoms with Crippen molar-refractivity contribution in [2.75, 3.05) is 31.1 Å². The Bertz CT molecular complexity index is 680. The number of likely N-dealkylation sites (tertiary alicyclic amines) is 1. The Balaban J connectivity index is 1.27. The van der Waals surface area contributed by atoms with E-state index in [1.165, 1.54) is 37.7 Å². The Hall–Kier alpha value is -1.61. The molecule has 1 aliphatic carbocycles. The Labute approximate surface area is 131 Å². The third-order valence-corrected chi connectivity index (χ3v) is 6.04. The van der Waals surface area contributed by atoms with Gasteiger partial charge in [-0.3, -0.25) is 4.90 Å². The van der Waals surface area contributed by atoms with Crippen molar-refractivity contribution in [3.05, 3.63) is 36.4 Å². The lowest BCUT2D eigenvalue weighted by atomic mass is 10.0. The highest BCUT2D eigenvalue weighted by molar-refractivity contribution is 5.80. The van der Waals surface area contributed by atoms with E-state index in [9.17, 15) is 0 Å². The molecule has 3 nitrogen and oxygen atoms in total. The molecule has 3 heterocycles. The largest absolute Gasteiger partial charge is 0.353 e. The first-order valence-corrected chi connectivity index (χ1v) is 8.71. The van der Waals surface area contributed by atoms with Gasteiger partial charge < -0.3 is 4.90 Å². The van der Waals surface area contributed by atoms with Crippen molar-refractivity contribution in [1.82, 2.24) is 9.88 Å². The van der Waals surface area contributed by atoms with Crippen LogP contribution >= 0.6 is 0 Å². The van der Waals surface area contributed by atoms with Crippen LogP contribution in [0.5, 0.6) is 0 Å². The second kappa shape index (κ2) is 4.95. The number of fused-ring (bicyclic) bond motifs is 2. The van der Waals surface area contributed by atoms with Crippen molar-refractivity contribution in [3.8, 4) is 0 Å². The predicted octanol–water partition coefficient (Wildman–Crippen LogP) is 3.16. The van der Waals surface area contributed by atoms with Gasteiger partial charge in [0.2, 0.25) is 0 Å². The summed E-state index contributed by atoms with van der Waals surface area (Å²) in [6.07, 6.45) is 4.43. The van der Waals surface area contributed by atoms with Crippen molar-refractivity contribution < 1.29 is 0 Å². The molecule has 2 aliphatic heterocycles. The van der Waals surface area contributed by atoms with Gasteiger partial charge in [-0.2, -0.15) is 0 Å². The fraction of sp³-hybridized carbons (Fsp3) is 0.526. The van der Waals surface area contributed by atoms with Crippen molar-refractivity contribution in [2.45, 2.75) is 25.3 Å². The van der Waals surface area contributed by atoms with Crippen LogP contribution < -0.4 is 4.90 Å². The standard InChI is InChI=1S/C19H23N3/c1-2-7-18-14(4-1)8-9-19(20-18)22-12-17(13-22)21-10-15-5-3-6-16(15)11-21/h1-2,4,7-9,15-17H,3,5-6,10-13H2. The Morgan fingerprint density at radius 3 is 2.45 bits per heavy atom.